The van der Waals surface area contributed by atoms with Crippen LogP contribution < -0.4 is 20.7 Å². The summed E-state index contributed by atoms with van der Waals surface area (Å²) in [5, 5.41) is 10.1. The predicted molar refractivity (Wildman–Crippen MR) is 150 cm³/mol. The van der Waals surface area contributed by atoms with Gasteiger partial charge in [0.2, 0.25) is 0 Å². The number of nitrogens with zero attached hydrogens (tertiary/aromatic N) is 1. The average Bonchev–Trinajstić information content (AvgIpc) is 2.88. The van der Waals surface area contributed by atoms with E-state index in [9.17, 15) is 4.79 Å². The number of hydrogen-bond acceptors (Lipinski definition) is 6. The lowest BCUT2D eigenvalue weighted by molar-refractivity contribution is -0.108. The maximum Gasteiger partial charge on any atom is 0.251 e. The molecule has 1 amide bonds. The van der Waals surface area contributed by atoms with Crippen LogP contribution in [0.3, 0.4) is 0 Å². The maximum atomic E-state index is 12.8. The van der Waals surface area contributed by atoms with E-state index in [4.69, 9.17) is 14.5 Å². The Morgan fingerprint density at radius 2 is 1.76 bits per heavy atom. The fourth-order valence-electron chi connectivity index (χ4n) is 4.52. The number of carbonyl (C=O) groups is 1. The molecule has 0 saturated carbocycles. The first-order chi connectivity index (χ1) is 17.9. The smallest absolute Gasteiger partial charge is 0.251 e. The number of amides is 1. The Hall–Kier alpha value is -2.90. The molecule has 7 nitrogen and oxygen atoms in total. The molecule has 0 aliphatic carbocycles. The van der Waals surface area contributed by atoms with Crippen molar-refractivity contribution < 1.29 is 14.3 Å². The summed E-state index contributed by atoms with van der Waals surface area (Å²) < 4.78 is 11.5. The Labute approximate surface area is 221 Å². The second-order valence-corrected chi connectivity index (χ2v) is 10.9. The summed E-state index contributed by atoms with van der Waals surface area (Å²) >= 11 is 0. The Kier molecular flexibility index (Phi) is 9.58. The van der Waals surface area contributed by atoms with Crippen molar-refractivity contribution in [1.82, 2.24) is 10.6 Å². The molecular formula is C30H42N4O3. The van der Waals surface area contributed by atoms with Gasteiger partial charge >= 0.3 is 0 Å². The summed E-state index contributed by atoms with van der Waals surface area (Å²) in [6.45, 7) is 11.5. The largest absolute Gasteiger partial charge is 0.493 e. The van der Waals surface area contributed by atoms with Crippen molar-refractivity contribution in [2.75, 3.05) is 51.3 Å². The Morgan fingerprint density at radius 1 is 1.00 bits per heavy atom. The number of rotatable bonds is 1. The molecule has 37 heavy (non-hydrogen) atoms. The summed E-state index contributed by atoms with van der Waals surface area (Å²) in [6, 6.07) is 16.1. The molecule has 1 atom stereocenters. The number of benzene rings is 2. The van der Waals surface area contributed by atoms with Gasteiger partial charge < -0.3 is 25.4 Å². The van der Waals surface area contributed by atoms with Gasteiger partial charge in [-0.25, -0.2) is 0 Å². The van der Waals surface area contributed by atoms with Crippen LogP contribution in [0.1, 0.15) is 49.5 Å². The average molecular weight is 507 g/mol. The Bertz CT molecular complexity index is 1030. The summed E-state index contributed by atoms with van der Waals surface area (Å²) in [6.07, 6.45) is 3.16. The zero-order chi connectivity index (χ0) is 26.1. The number of carbonyl (C=O) groups excluding carboxylic acids is 1. The van der Waals surface area contributed by atoms with Crippen molar-refractivity contribution in [3.05, 3.63) is 59.7 Å². The molecule has 5 heterocycles. The summed E-state index contributed by atoms with van der Waals surface area (Å²) in [7, 11) is 0. The second kappa shape index (κ2) is 13.1. The Morgan fingerprint density at radius 3 is 2.43 bits per heavy atom. The first-order valence-corrected chi connectivity index (χ1v) is 13.6. The molecule has 1 spiro atoms. The van der Waals surface area contributed by atoms with Crippen LogP contribution in [0, 0.1) is 17.3 Å². The van der Waals surface area contributed by atoms with Crippen LogP contribution in [0.25, 0.3) is 0 Å². The lowest BCUT2D eigenvalue weighted by atomic mass is 9.85. The molecule has 0 aromatic heterocycles. The maximum absolute atomic E-state index is 12.8. The third kappa shape index (κ3) is 8.04. The van der Waals surface area contributed by atoms with Gasteiger partial charge in [0.25, 0.3) is 5.91 Å². The summed E-state index contributed by atoms with van der Waals surface area (Å²) in [5.74, 6) is 2.48. The molecule has 2 aromatic carbocycles. The molecule has 4 bridgehead atoms. The van der Waals surface area contributed by atoms with Gasteiger partial charge in [0, 0.05) is 54.7 Å². The minimum absolute atomic E-state index is 0.0614. The minimum Gasteiger partial charge on any atom is -0.493 e. The van der Waals surface area contributed by atoms with Crippen LogP contribution in [-0.2, 0) is 11.2 Å². The highest BCUT2D eigenvalue weighted by atomic mass is 16.5. The van der Waals surface area contributed by atoms with Crippen LogP contribution in [-0.4, -0.2) is 57.7 Å². The van der Waals surface area contributed by atoms with Gasteiger partial charge in [0.1, 0.15) is 11.6 Å². The normalized spacial score (nSPS) is 21.7. The lowest BCUT2D eigenvalue weighted by Crippen LogP contribution is -2.56. The topological polar surface area (TPSA) is 84.0 Å². The number of ether oxygens (including phenoxy) is 2. The van der Waals surface area contributed by atoms with E-state index >= 15 is 0 Å². The van der Waals surface area contributed by atoms with Crippen molar-refractivity contribution in [1.29, 1.82) is 0 Å². The van der Waals surface area contributed by atoms with E-state index in [2.05, 4.69) is 61.0 Å². The van der Waals surface area contributed by atoms with Crippen molar-refractivity contribution in [3.63, 3.8) is 0 Å². The van der Waals surface area contributed by atoms with Crippen molar-refractivity contribution in [2.24, 2.45) is 22.2 Å². The zero-order valence-electron chi connectivity index (χ0n) is 22.5. The molecule has 1 fully saturated rings. The van der Waals surface area contributed by atoms with Crippen LogP contribution in [0.4, 0.5) is 5.69 Å². The fourth-order valence-corrected chi connectivity index (χ4v) is 4.52. The lowest BCUT2D eigenvalue weighted by Gasteiger charge is -2.42. The number of aryl methyl sites for hydroxylation is 1. The SMILES string of the molecule is CC1CNCC2(CNC(=O)c3ccc(cc3)NC(C(C)C)=NCCCCc3ccc(cc3)OC1)COC2. The third-order valence-electron chi connectivity index (χ3n) is 7.01. The van der Waals surface area contributed by atoms with Gasteiger partial charge in [-0.05, 0) is 61.2 Å². The molecule has 5 aliphatic rings. The van der Waals surface area contributed by atoms with Gasteiger partial charge in [-0.1, -0.05) is 32.9 Å². The Balaban J connectivity index is 1.44. The minimum atomic E-state index is -0.0670. The van der Waals surface area contributed by atoms with Crippen LogP contribution in [0.2, 0.25) is 0 Å². The monoisotopic (exact) mass is 506 g/mol. The van der Waals surface area contributed by atoms with Crippen molar-refractivity contribution in [2.45, 2.75) is 40.0 Å². The highest BCUT2D eigenvalue weighted by molar-refractivity contribution is 5.98. The molecule has 5 aliphatic heterocycles. The molecular weight excluding hydrogens is 464 g/mol. The fraction of sp³-hybridized carbons (Fsp3) is 0.533. The molecule has 2 aromatic rings. The molecule has 1 unspecified atom stereocenters. The number of hydrogen-bond donors (Lipinski definition) is 3. The number of anilines is 1. The first-order valence-electron chi connectivity index (χ1n) is 13.6. The summed E-state index contributed by atoms with van der Waals surface area (Å²) in [4.78, 5) is 17.7. The molecule has 1 saturated heterocycles. The molecule has 200 valence electrons. The van der Waals surface area contributed by atoms with E-state index in [1.165, 1.54) is 5.56 Å². The number of amidine groups is 1. The van der Waals surface area contributed by atoms with Crippen molar-refractivity contribution in [3.8, 4) is 5.75 Å². The molecule has 3 N–H and O–H groups in total. The standard InChI is InChI=1S/C30H42N4O3/c1-22(2)28-32-15-5-4-6-24-7-13-27(14-8-24)37-17-23(3)16-31-18-30(20-36-21-30)19-33-29(35)25-9-11-26(34-28)12-10-25/h7-14,22-23,31H,4-6,15-21H2,1-3H3,(H,32,34)(H,33,35). The molecule has 7 heteroatoms. The first kappa shape index (κ1) is 27.1. The number of nitrogens with one attached hydrogen (secondary N) is 3. The highest BCUT2D eigenvalue weighted by Gasteiger charge is 2.38. The van der Waals surface area contributed by atoms with E-state index in [-0.39, 0.29) is 17.2 Å². The van der Waals surface area contributed by atoms with E-state index in [0.29, 0.717) is 37.8 Å². The van der Waals surface area contributed by atoms with Gasteiger partial charge in [0.15, 0.2) is 0 Å². The second-order valence-electron chi connectivity index (χ2n) is 10.9. The third-order valence-corrected chi connectivity index (χ3v) is 7.01. The van der Waals surface area contributed by atoms with E-state index in [1.807, 2.05) is 24.3 Å². The summed E-state index contributed by atoms with van der Waals surface area (Å²) in [5.41, 5.74) is 2.86. The van der Waals surface area contributed by atoms with E-state index in [0.717, 1.165) is 56.2 Å². The van der Waals surface area contributed by atoms with Gasteiger partial charge in [-0.3, -0.25) is 9.79 Å². The van der Waals surface area contributed by atoms with Gasteiger partial charge in [-0.2, -0.15) is 0 Å². The van der Waals surface area contributed by atoms with E-state index < -0.39 is 0 Å². The van der Waals surface area contributed by atoms with E-state index in [1.54, 1.807) is 0 Å². The quantitative estimate of drug-likeness (QED) is 0.529. The highest BCUT2D eigenvalue weighted by Crippen LogP contribution is 2.26. The number of aliphatic imine (C=N–C) groups is 1. The molecule has 0 radical (unpaired) electrons. The van der Waals surface area contributed by atoms with Crippen LogP contribution in [0.5, 0.6) is 5.75 Å². The molecule has 7 rings (SSSR count). The van der Waals surface area contributed by atoms with Crippen LogP contribution >= 0.6 is 0 Å². The van der Waals surface area contributed by atoms with Gasteiger partial charge in [0.05, 0.1) is 19.8 Å². The van der Waals surface area contributed by atoms with Crippen molar-refractivity contribution >= 4 is 17.4 Å². The zero-order valence-corrected chi connectivity index (χ0v) is 22.5. The predicted octanol–water partition coefficient (Wildman–Crippen LogP) is 4.54. The van der Waals surface area contributed by atoms with Crippen LogP contribution in [0.15, 0.2) is 53.5 Å². The van der Waals surface area contributed by atoms with Gasteiger partial charge in [-0.15, -0.1) is 0 Å².